The van der Waals surface area contributed by atoms with E-state index in [-0.39, 0.29) is 0 Å². The van der Waals surface area contributed by atoms with Crippen LogP contribution in [0.15, 0.2) is 29.2 Å². The van der Waals surface area contributed by atoms with Crippen molar-refractivity contribution < 1.29 is 4.74 Å². The molecule has 0 aliphatic carbocycles. The van der Waals surface area contributed by atoms with Crippen LogP contribution in [0.3, 0.4) is 0 Å². The molecule has 76 valence electrons. The van der Waals surface area contributed by atoms with Gasteiger partial charge in [-0.3, -0.25) is 4.90 Å². The summed E-state index contributed by atoms with van der Waals surface area (Å²) in [5.41, 5.74) is 0. The van der Waals surface area contributed by atoms with Crippen molar-refractivity contribution in [3.05, 3.63) is 24.3 Å². The van der Waals surface area contributed by atoms with E-state index in [9.17, 15) is 0 Å². The first kappa shape index (κ1) is 9.87. The number of hydrogen-bond acceptors (Lipinski definition) is 3. The molecule has 2 rings (SSSR count). The summed E-state index contributed by atoms with van der Waals surface area (Å²) in [5, 5.41) is 0. The van der Waals surface area contributed by atoms with Crippen molar-refractivity contribution in [3.8, 4) is 5.75 Å². The lowest BCUT2D eigenvalue weighted by molar-refractivity contribution is 0.149. The maximum absolute atomic E-state index is 5.67. The molecule has 0 radical (unpaired) electrons. The van der Waals surface area contributed by atoms with Crippen LogP contribution in [0.1, 0.15) is 12.8 Å². The smallest absolute Gasteiger partial charge is 0.142 e. The molecule has 1 heterocycles. The third kappa shape index (κ3) is 2.42. The van der Waals surface area contributed by atoms with Crippen LogP contribution < -0.4 is 4.74 Å². The topological polar surface area (TPSA) is 12.5 Å². The fourth-order valence-corrected chi connectivity index (χ4v) is 1.88. The highest BCUT2D eigenvalue weighted by molar-refractivity contribution is 7.80. The van der Waals surface area contributed by atoms with Gasteiger partial charge in [0.05, 0.1) is 0 Å². The van der Waals surface area contributed by atoms with Gasteiger partial charge in [-0.05, 0) is 25.0 Å². The molecule has 0 bridgehead atoms. The molecule has 1 aromatic carbocycles. The Labute approximate surface area is 90.3 Å². The van der Waals surface area contributed by atoms with Crippen LogP contribution >= 0.6 is 12.6 Å². The molecule has 14 heavy (non-hydrogen) atoms. The Bertz CT molecular complexity index is 297. The van der Waals surface area contributed by atoms with Crippen LogP contribution in [0, 0.1) is 0 Å². The monoisotopic (exact) mass is 209 g/mol. The molecule has 1 aliphatic heterocycles. The minimum absolute atomic E-state index is 0.692. The first-order valence-corrected chi connectivity index (χ1v) is 5.44. The molecule has 0 unspecified atom stereocenters. The number of nitrogens with zero attached hydrogens (tertiary/aromatic N) is 1. The predicted octanol–water partition coefficient (Wildman–Crippen LogP) is 2.41. The van der Waals surface area contributed by atoms with Crippen molar-refractivity contribution in [2.75, 3.05) is 19.8 Å². The third-order valence-electron chi connectivity index (χ3n) is 2.47. The lowest BCUT2D eigenvalue weighted by Crippen LogP contribution is -2.24. The summed E-state index contributed by atoms with van der Waals surface area (Å²) < 4.78 is 5.67. The zero-order chi connectivity index (χ0) is 9.80. The van der Waals surface area contributed by atoms with Gasteiger partial charge < -0.3 is 4.74 Å². The molecule has 0 aromatic heterocycles. The van der Waals surface area contributed by atoms with E-state index in [1.807, 2.05) is 24.3 Å². The third-order valence-corrected chi connectivity index (χ3v) is 2.84. The average Bonchev–Trinajstić information content (AvgIpc) is 2.69. The number of likely N-dealkylation sites (tertiary alicyclic amines) is 1. The molecule has 1 aromatic rings. The van der Waals surface area contributed by atoms with Gasteiger partial charge in [0, 0.05) is 18.0 Å². The van der Waals surface area contributed by atoms with Gasteiger partial charge in [-0.25, -0.2) is 0 Å². The van der Waals surface area contributed by atoms with Gasteiger partial charge in [-0.15, -0.1) is 12.6 Å². The molecular weight excluding hydrogens is 194 g/mol. The standard InChI is InChI=1S/C11H15NOS/c14-11-6-2-1-5-10(11)13-9-12-7-3-4-8-12/h1-2,5-6,14H,3-4,7-9H2. The van der Waals surface area contributed by atoms with Crippen LogP contribution in [0.2, 0.25) is 0 Å². The molecule has 1 aliphatic rings. The van der Waals surface area contributed by atoms with Crippen molar-refractivity contribution in [1.29, 1.82) is 0 Å². The molecule has 0 saturated carbocycles. The van der Waals surface area contributed by atoms with Crippen molar-refractivity contribution in [2.24, 2.45) is 0 Å². The van der Waals surface area contributed by atoms with Crippen LogP contribution in [-0.2, 0) is 0 Å². The van der Waals surface area contributed by atoms with Gasteiger partial charge in [0.2, 0.25) is 0 Å². The second kappa shape index (κ2) is 4.71. The van der Waals surface area contributed by atoms with Crippen molar-refractivity contribution in [2.45, 2.75) is 17.7 Å². The Morgan fingerprint density at radius 1 is 1.21 bits per heavy atom. The van der Waals surface area contributed by atoms with Gasteiger partial charge in [0.1, 0.15) is 12.5 Å². The van der Waals surface area contributed by atoms with E-state index in [1.165, 1.54) is 12.8 Å². The zero-order valence-electron chi connectivity index (χ0n) is 8.15. The van der Waals surface area contributed by atoms with Crippen molar-refractivity contribution in [3.63, 3.8) is 0 Å². The molecule has 0 atom stereocenters. The number of rotatable bonds is 3. The average molecular weight is 209 g/mol. The van der Waals surface area contributed by atoms with E-state index < -0.39 is 0 Å². The Hall–Kier alpha value is -0.670. The first-order valence-electron chi connectivity index (χ1n) is 4.99. The van der Waals surface area contributed by atoms with E-state index in [2.05, 4.69) is 17.5 Å². The minimum atomic E-state index is 0.692. The van der Waals surface area contributed by atoms with Gasteiger partial charge in [0.15, 0.2) is 0 Å². The van der Waals surface area contributed by atoms with E-state index in [1.54, 1.807) is 0 Å². The fourth-order valence-electron chi connectivity index (χ4n) is 1.65. The molecular formula is C11H15NOS. The molecule has 0 N–H and O–H groups in total. The highest BCUT2D eigenvalue weighted by Gasteiger charge is 2.11. The minimum Gasteiger partial charge on any atom is -0.477 e. The first-order chi connectivity index (χ1) is 6.86. The molecule has 2 nitrogen and oxygen atoms in total. The lowest BCUT2D eigenvalue weighted by atomic mass is 10.3. The highest BCUT2D eigenvalue weighted by atomic mass is 32.1. The SMILES string of the molecule is Sc1ccccc1OCN1CCCC1. The van der Waals surface area contributed by atoms with Gasteiger partial charge in [0.25, 0.3) is 0 Å². The largest absolute Gasteiger partial charge is 0.477 e. The Morgan fingerprint density at radius 3 is 2.64 bits per heavy atom. The molecule has 1 fully saturated rings. The maximum Gasteiger partial charge on any atom is 0.142 e. The van der Waals surface area contributed by atoms with E-state index in [4.69, 9.17) is 4.74 Å². The van der Waals surface area contributed by atoms with Crippen molar-refractivity contribution >= 4 is 12.6 Å². The summed E-state index contributed by atoms with van der Waals surface area (Å²) in [6.07, 6.45) is 2.60. The highest BCUT2D eigenvalue weighted by Crippen LogP contribution is 2.21. The zero-order valence-corrected chi connectivity index (χ0v) is 9.04. The summed E-state index contributed by atoms with van der Waals surface area (Å²) in [6.45, 7) is 3.01. The molecule has 1 saturated heterocycles. The predicted molar refractivity (Wildman–Crippen MR) is 60.0 cm³/mol. The van der Waals surface area contributed by atoms with Crippen LogP contribution in [0.5, 0.6) is 5.75 Å². The van der Waals surface area contributed by atoms with Gasteiger partial charge in [-0.1, -0.05) is 12.1 Å². The number of ether oxygens (including phenoxy) is 1. The number of hydrogen-bond donors (Lipinski definition) is 1. The van der Waals surface area contributed by atoms with Crippen LogP contribution in [-0.4, -0.2) is 24.7 Å². The van der Waals surface area contributed by atoms with Gasteiger partial charge >= 0.3 is 0 Å². The maximum atomic E-state index is 5.67. The number of thiol groups is 1. The summed E-state index contributed by atoms with van der Waals surface area (Å²) in [7, 11) is 0. The number of benzene rings is 1. The van der Waals surface area contributed by atoms with E-state index in [0.29, 0.717) is 6.73 Å². The summed E-state index contributed by atoms with van der Waals surface area (Å²) in [5.74, 6) is 0.878. The Kier molecular flexibility index (Phi) is 3.32. The molecule has 0 amide bonds. The van der Waals surface area contributed by atoms with Crippen LogP contribution in [0.4, 0.5) is 0 Å². The van der Waals surface area contributed by atoms with E-state index in [0.717, 1.165) is 23.7 Å². The summed E-state index contributed by atoms with van der Waals surface area (Å²) in [6, 6.07) is 7.84. The summed E-state index contributed by atoms with van der Waals surface area (Å²) >= 11 is 4.33. The second-order valence-electron chi connectivity index (χ2n) is 3.57. The van der Waals surface area contributed by atoms with E-state index >= 15 is 0 Å². The molecule has 0 spiro atoms. The quantitative estimate of drug-likeness (QED) is 0.767. The van der Waals surface area contributed by atoms with Crippen molar-refractivity contribution in [1.82, 2.24) is 4.90 Å². The van der Waals surface area contributed by atoms with Gasteiger partial charge in [-0.2, -0.15) is 0 Å². The second-order valence-corrected chi connectivity index (χ2v) is 4.05. The normalized spacial score (nSPS) is 17.2. The molecule has 3 heteroatoms. The fraction of sp³-hybridized carbons (Fsp3) is 0.455. The Morgan fingerprint density at radius 2 is 1.93 bits per heavy atom. The lowest BCUT2D eigenvalue weighted by Gasteiger charge is -2.16. The number of para-hydroxylation sites is 1. The Balaban J connectivity index is 1.88. The summed E-state index contributed by atoms with van der Waals surface area (Å²) in [4.78, 5) is 3.23. The van der Waals surface area contributed by atoms with Crippen LogP contribution in [0.25, 0.3) is 0 Å².